The first-order valence-electron chi connectivity index (χ1n) is 6.68. The number of hydrogen-bond acceptors (Lipinski definition) is 2. The third-order valence-electron chi connectivity index (χ3n) is 4.50. The molecule has 2 rings (SSSR count). The van der Waals surface area contributed by atoms with E-state index in [1.807, 2.05) is 0 Å². The molecular formula is C13H26N2. The van der Waals surface area contributed by atoms with Crippen molar-refractivity contribution >= 4 is 0 Å². The van der Waals surface area contributed by atoms with Gasteiger partial charge in [0.15, 0.2) is 0 Å². The van der Waals surface area contributed by atoms with Gasteiger partial charge in [0.1, 0.15) is 0 Å². The molecule has 0 aromatic rings. The molecule has 2 aliphatic carbocycles. The molecule has 2 heteroatoms. The molecule has 2 nitrogen and oxygen atoms in total. The predicted octanol–water partition coefficient (Wildman–Crippen LogP) is 2.25. The summed E-state index contributed by atoms with van der Waals surface area (Å²) >= 11 is 0. The van der Waals surface area contributed by atoms with Crippen LogP contribution in [0.5, 0.6) is 0 Å². The van der Waals surface area contributed by atoms with Crippen molar-refractivity contribution in [2.75, 3.05) is 20.6 Å². The Hall–Kier alpha value is -0.0800. The van der Waals surface area contributed by atoms with Crippen LogP contribution in [-0.4, -0.2) is 37.6 Å². The number of nitrogens with one attached hydrogen (secondary N) is 1. The minimum Gasteiger partial charge on any atom is -0.317 e. The Morgan fingerprint density at radius 2 is 1.80 bits per heavy atom. The van der Waals surface area contributed by atoms with Gasteiger partial charge in [0.05, 0.1) is 0 Å². The monoisotopic (exact) mass is 210 g/mol. The normalized spacial score (nSPS) is 33.0. The Kier molecular flexibility index (Phi) is 4.04. The number of hydrogen-bond donors (Lipinski definition) is 1. The summed E-state index contributed by atoms with van der Waals surface area (Å²) in [6.45, 7) is 1.32. The van der Waals surface area contributed by atoms with E-state index in [2.05, 4.69) is 24.3 Å². The lowest BCUT2D eigenvalue weighted by molar-refractivity contribution is 0.196. The zero-order valence-corrected chi connectivity index (χ0v) is 10.3. The Bertz CT molecular complexity index is 187. The molecule has 0 saturated heterocycles. The van der Waals surface area contributed by atoms with Gasteiger partial charge in [-0.1, -0.05) is 19.3 Å². The molecule has 88 valence electrons. The zero-order chi connectivity index (χ0) is 10.7. The van der Waals surface area contributed by atoms with Crippen LogP contribution in [0.4, 0.5) is 0 Å². The van der Waals surface area contributed by atoms with Gasteiger partial charge in [-0.2, -0.15) is 0 Å². The van der Waals surface area contributed by atoms with Gasteiger partial charge >= 0.3 is 0 Å². The van der Waals surface area contributed by atoms with Crippen molar-refractivity contribution in [3.8, 4) is 0 Å². The fourth-order valence-electron chi connectivity index (χ4n) is 3.50. The van der Waals surface area contributed by atoms with E-state index < -0.39 is 0 Å². The quantitative estimate of drug-likeness (QED) is 0.765. The van der Waals surface area contributed by atoms with Gasteiger partial charge < -0.3 is 10.2 Å². The van der Waals surface area contributed by atoms with E-state index in [0.29, 0.717) is 0 Å². The highest BCUT2D eigenvalue weighted by atomic mass is 15.1. The van der Waals surface area contributed by atoms with Gasteiger partial charge in [0, 0.05) is 18.6 Å². The largest absolute Gasteiger partial charge is 0.317 e. The van der Waals surface area contributed by atoms with Crippen LogP contribution in [0.3, 0.4) is 0 Å². The van der Waals surface area contributed by atoms with E-state index in [1.54, 1.807) is 0 Å². The van der Waals surface area contributed by atoms with Crippen LogP contribution in [0.15, 0.2) is 0 Å². The summed E-state index contributed by atoms with van der Waals surface area (Å²) in [5.74, 6) is 0.903. The van der Waals surface area contributed by atoms with Gasteiger partial charge in [-0.25, -0.2) is 0 Å². The third-order valence-corrected chi connectivity index (χ3v) is 4.50. The minimum absolute atomic E-state index is 0.786. The lowest BCUT2D eigenvalue weighted by Crippen LogP contribution is -2.39. The number of rotatable bonds is 4. The molecule has 0 amide bonds. The summed E-state index contributed by atoms with van der Waals surface area (Å²) in [4.78, 5) is 2.63. The molecule has 2 saturated carbocycles. The Balaban J connectivity index is 1.79. The molecule has 0 aliphatic heterocycles. The molecular weight excluding hydrogens is 184 g/mol. The standard InChI is InChI=1S/C13H26N2/c1-14-13-9-5-6-11(13)10-15(2)12-7-3-4-8-12/h11-14H,3-10H2,1-2H3. The van der Waals surface area contributed by atoms with Gasteiger partial charge in [-0.05, 0) is 45.7 Å². The topological polar surface area (TPSA) is 15.3 Å². The fraction of sp³-hybridized carbons (Fsp3) is 1.00. The molecule has 15 heavy (non-hydrogen) atoms. The summed E-state index contributed by atoms with van der Waals surface area (Å²) in [7, 11) is 4.46. The van der Waals surface area contributed by atoms with Crippen LogP contribution >= 0.6 is 0 Å². The maximum Gasteiger partial charge on any atom is 0.0104 e. The van der Waals surface area contributed by atoms with Crippen LogP contribution in [0.25, 0.3) is 0 Å². The SMILES string of the molecule is CNC1CCCC1CN(C)C1CCCC1. The van der Waals surface area contributed by atoms with E-state index in [9.17, 15) is 0 Å². The second-order valence-electron chi connectivity index (χ2n) is 5.46. The van der Waals surface area contributed by atoms with Crippen molar-refractivity contribution in [1.82, 2.24) is 10.2 Å². The van der Waals surface area contributed by atoms with Crippen LogP contribution < -0.4 is 5.32 Å². The van der Waals surface area contributed by atoms with Crippen LogP contribution in [0, 0.1) is 5.92 Å². The summed E-state index contributed by atoms with van der Waals surface area (Å²) < 4.78 is 0. The molecule has 0 bridgehead atoms. The fourth-order valence-corrected chi connectivity index (χ4v) is 3.50. The van der Waals surface area contributed by atoms with E-state index in [4.69, 9.17) is 0 Å². The summed E-state index contributed by atoms with van der Waals surface area (Å²) in [6, 6.07) is 1.68. The van der Waals surface area contributed by atoms with Crippen molar-refractivity contribution < 1.29 is 0 Å². The van der Waals surface area contributed by atoms with Crippen LogP contribution in [0.2, 0.25) is 0 Å². The van der Waals surface area contributed by atoms with Crippen molar-refractivity contribution in [1.29, 1.82) is 0 Å². The zero-order valence-electron chi connectivity index (χ0n) is 10.3. The molecule has 2 aliphatic rings. The van der Waals surface area contributed by atoms with E-state index in [-0.39, 0.29) is 0 Å². The molecule has 0 radical (unpaired) electrons. The highest BCUT2D eigenvalue weighted by Gasteiger charge is 2.29. The lowest BCUT2D eigenvalue weighted by Gasteiger charge is -2.29. The molecule has 2 atom stereocenters. The second-order valence-corrected chi connectivity index (χ2v) is 5.46. The maximum absolute atomic E-state index is 3.48. The number of nitrogens with zero attached hydrogens (tertiary/aromatic N) is 1. The van der Waals surface area contributed by atoms with Gasteiger partial charge in [0.25, 0.3) is 0 Å². The second kappa shape index (κ2) is 5.31. The molecule has 0 spiro atoms. The van der Waals surface area contributed by atoms with Crippen LogP contribution in [-0.2, 0) is 0 Å². The van der Waals surface area contributed by atoms with Crippen LogP contribution in [0.1, 0.15) is 44.9 Å². The Morgan fingerprint density at radius 1 is 1.07 bits per heavy atom. The lowest BCUT2D eigenvalue weighted by atomic mass is 10.0. The van der Waals surface area contributed by atoms with E-state index in [0.717, 1.165) is 18.0 Å². The molecule has 0 aromatic carbocycles. The maximum atomic E-state index is 3.48. The average Bonchev–Trinajstić information content (AvgIpc) is 2.87. The average molecular weight is 210 g/mol. The van der Waals surface area contributed by atoms with Gasteiger partial charge in [-0.3, -0.25) is 0 Å². The first-order chi connectivity index (χ1) is 7.31. The first-order valence-corrected chi connectivity index (χ1v) is 6.68. The van der Waals surface area contributed by atoms with Crippen molar-refractivity contribution in [2.24, 2.45) is 5.92 Å². The minimum atomic E-state index is 0.786. The molecule has 0 aromatic heterocycles. The van der Waals surface area contributed by atoms with Crippen molar-refractivity contribution in [3.05, 3.63) is 0 Å². The molecule has 1 N–H and O–H groups in total. The summed E-state index contributed by atoms with van der Waals surface area (Å²) in [5, 5.41) is 3.48. The Labute approximate surface area is 94.4 Å². The molecule has 2 unspecified atom stereocenters. The first kappa shape index (κ1) is 11.4. The molecule has 0 heterocycles. The highest BCUT2D eigenvalue weighted by molar-refractivity contribution is 4.86. The predicted molar refractivity (Wildman–Crippen MR) is 65.1 cm³/mol. The summed E-state index contributed by atoms with van der Waals surface area (Å²) in [6.07, 6.45) is 10.0. The van der Waals surface area contributed by atoms with E-state index in [1.165, 1.54) is 51.5 Å². The molecule has 2 fully saturated rings. The van der Waals surface area contributed by atoms with Gasteiger partial charge in [-0.15, -0.1) is 0 Å². The summed E-state index contributed by atoms with van der Waals surface area (Å²) in [5.41, 5.74) is 0. The highest BCUT2D eigenvalue weighted by Crippen LogP contribution is 2.29. The van der Waals surface area contributed by atoms with Crippen molar-refractivity contribution in [2.45, 2.75) is 57.0 Å². The Morgan fingerprint density at radius 3 is 2.47 bits per heavy atom. The smallest absolute Gasteiger partial charge is 0.0104 e. The third kappa shape index (κ3) is 2.73. The van der Waals surface area contributed by atoms with E-state index >= 15 is 0 Å². The van der Waals surface area contributed by atoms with Gasteiger partial charge in [0.2, 0.25) is 0 Å². The van der Waals surface area contributed by atoms with Crippen molar-refractivity contribution in [3.63, 3.8) is 0 Å².